The lowest BCUT2D eigenvalue weighted by atomic mass is 9.89. The normalized spacial score (nSPS) is 17.4. The van der Waals surface area contributed by atoms with Gasteiger partial charge in [-0.15, -0.1) is 0 Å². The summed E-state index contributed by atoms with van der Waals surface area (Å²) in [6, 6.07) is 21.3. The molecule has 308 valence electrons. The van der Waals surface area contributed by atoms with Crippen molar-refractivity contribution in [3.63, 3.8) is 0 Å². The highest BCUT2D eigenvalue weighted by Crippen LogP contribution is 2.50. The molecule has 0 radical (unpaired) electrons. The first-order chi connectivity index (χ1) is 28.2. The average Bonchev–Trinajstić information content (AvgIpc) is 3.21. The summed E-state index contributed by atoms with van der Waals surface area (Å²) in [5.41, 5.74) is 3.78. The predicted molar refractivity (Wildman–Crippen MR) is 231 cm³/mol. The third-order valence-electron chi connectivity index (χ3n) is 10.9. The van der Waals surface area contributed by atoms with Crippen molar-refractivity contribution in [2.24, 2.45) is 0 Å². The number of nitro benzene ring substituents is 2. The molecule has 2 atom stereocenters. The zero-order valence-electron chi connectivity index (χ0n) is 33.7. The number of aliphatic hydroxyl groups is 2. The zero-order chi connectivity index (χ0) is 42.4. The first-order valence-electron chi connectivity index (χ1n) is 20.0. The number of amides is 2. The van der Waals surface area contributed by atoms with Crippen LogP contribution >= 0.6 is 11.8 Å². The van der Waals surface area contributed by atoms with E-state index in [1.165, 1.54) is 12.2 Å². The van der Waals surface area contributed by atoms with E-state index >= 15 is 0 Å². The molecule has 0 bridgehead atoms. The largest absolute Gasteiger partial charge is 0.391 e. The Bertz CT molecular complexity index is 2150. The van der Waals surface area contributed by atoms with E-state index in [0.29, 0.717) is 61.0 Å². The van der Waals surface area contributed by atoms with Crippen molar-refractivity contribution in [1.82, 2.24) is 9.80 Å². The Morgan fingerprint density at radius 2 is 1.05 bits per heavy atom. The highest BCUT2D eigenvalue weighted by atomic mass is 32.2. The molecular formula is C46H50N4O8S. The van der Waals surface area contributed by atoms with Gasteiger partial charge in [-0.05, 0) is 95.2 Å². The summed E-state index contributed by atoms with van der Waals surface area (Å²) in [5, 5.41) is 47.0. The Balaban J connectivity index is 1.52. The molecule has 59 heavy (non-hydrogen) atoms. The molecule has 13 heteroatoms. The lowest BCUT2D eigenvalue weighted by molar-refractivity contribution is -0.387. The Morgan fingerprint density at radius 1 is 0.661 bits per heavy atom. The van der Waals surface area contributed by atoms with E-state index in [1.807, 2.05) is 64.1 Å². The van der Waals surface area contributed by atoms with E-state index in [2.05, 4.69) is 0 Å². The predicted octanol–water partition coefficient (Wildman–Crippen LogP) is 9.23. The van der Waals surface area contributed by atoms with Gasteiger partial charge < -0.3 is 20.0 Å². The van der Waals surface area contributed by atoms with Crippen LogP contribution in [0.4, 0.5) is 11.4 Å². The van der Waals surface area contributed by atoms with Gasteiger partial charge in [-0.1, -0.05) is 100 Å². The van der Waals surface area contributed by atoms with Gasteiger partial charge in [0.15, 0.2) is 0 Å². The Labute approximate surface area is 348 Å². The summed E-state index contributed by atoms with van der Waals surface area (Å²) in [7, 11) is 0. The van der Waals surface area contributed by atoms with Gasteiger partial charge >= 0.3 is 0 Å². The van der Waals surface area contributed by atoms with Crippen LogP contribution in [0.5, 0.6) is 0 Å². The topological polar surface area (TPSA) is 167 Å². The van der Waals surface area contributed by atoms with Crippen LogP contribution in [0.1, 0.15) is 87.5 Å². The molecule has 2 fully saturated rings. The monoisotopic (exact) mass is 818 g/mol. The van der Waals surface area contributed by atoms with Crippen molar-refractivity contribution >= 4 is 47.1 Å². The van der Waals surface area contributed by atoms with Gasteiger partial charge in [0, 0.05) is 38.3 Å². The van der Waals surface area contributed by atoms with Gasteiger partial charge in [-0.25, -0.2) is 0 Å². The number of nitrogens with zero attached hydrogens (tertiary/aromatic N) is 4. The van der Waals surface area contributed by atoms with Crippen molar-refractivity contribution in [2.45, 2.75) is 87.2 Å². The molecule has 2 unspecified atom stereocenters. The Morgan fingerprint density at radius 3 is 1.41 bits per heavy atom. The van der Waals surface area contributed by atoms with Crippen LogP contribution in [0, 0.1) is 20.2 Å². The number of carbonyl (C=O) groups excluding carboxylic acids is 2. The van der Waals surface area contributed by atoms with E-state index in [9.17, 15) is 40.0 Å². The van der Waals surface area contributed by atoms with Crippen molar-refractivity contribution < 1.29 is 29.6 Å². The third kappa shape index (κ3) is 9.81. The van der Waals surface area contributed by atoms with E-state index in [0.717, 1.165) is 22.9 Å². The quantitative estimate of drug-likeness (QED) is 0.0805. The minimum absolute atomic E-state index is 0.0208. The van der Waals surface area contributed by atoms with Gasteiger partial charge in [0.2, 0.25) is 11.8 Å². The lowest BCUT2D eigenvalue weighted by Crippen LogP contribution is -2.41. The second-order valence-electron chi connectivity index (χ2n) is 15.7. The van der Waals surface area contributed by atoms with Crippen LogP contribution in [0.3, 0.4) is 0 Å². The summed E-state index contributed by atoms with van der Waals surface area (Å²) in [6.45, 7) is 9.36. The second-order valence-corrected chi connectivity index (χ2v) is 16.8. The number of hydrogen-bond acceptors (Lipinski definition) is 9. The number of piperidine rings is 2. The van der Waals surface area contributed by atoms with Crippen LogP contribution in [0.25, 0.3) is 34.4 Å². The van der Waals surface area contributed by atoms with Crippen LogP contribution in [-0.2, 0) is 9.59 Å². The number of carbonyl (C=O) groups is 2. The fourth-order valence-corrected chi connectivity index (χ4v) is 9.02. The molecule has 4 aromatic carbocycles. The molecule has 2 N–H and O–H groups in total. The van der Waals surface area contributed by atoms with Crippen LogP contribution in [-0.4, -0.2) is 80.1 Å². The van der Waals surface area contributed by atoms with Crippen molar-refractivity contribution in [3.8, 4) is 22.3 Å². The van der Waals surface area contributed by atoms with Gasteiger partial charge in [-0.3, -0.25) is 29.8 Å². The van der Waals surface area contributed by atoms with Gasteiger partial charge in [0.25, 0.3) is 11.4 Å². The van der Waals surface area contributed by atoms with Crippen molar-refractivity contribution in [2.75, 3.05) is 26.2 Å². The molecule has 0 saturated carbocycles. The molecule has 4 aromatic rings. The zero-order valence-corrected chi connectivity index (χ0v) is 34.6. The van der Waals surface area contributed by atoms with E-state index in [-0.39, 0.29) is 69.0 Å². The maximum Gasteiger partial charge on any atom is 0.291 e. The highest BCUT2D eigenvalue weighted by Gasteiger charge is 2.32. The lowest BCUT2D eigenvalue weighted by Gasteiger charge is -2.29. The first kappa shape index (κ1) is 43.0. The van der Waals surface area contributed by atoms with E-state index in [1.54, 1.807) is 58.4 Å². The number of hydrogen-bond donors (Lipinski definition) is 2. The molecule has 6 rings (SSSR count). The minimum atomic E-state index is -0.613. The number of β-amino-alcohol motifs (C(OH)–C–C–N with tert-alkyl or cyclic N) is 2. The maximum absolute atomic E-state index is 13.3. The van der Waals surface area contributed by atoms with Gasteiger partial charge in [-0.2, -0.15) is 0 Å². The minimum Gasteiger partial charge on any atom is -0.391 e. The summed E-state index contributed by atoms with van der Waals surface area (Å²) < 4.78 is 0. The number of benzene rings is 4. The summed E-state index contributed by atoms with van der Waals surface area (Å²) in [4.78, 5) is 55.7. The molecule has 0 aromatic heterocycles. The molecule has 2 saturated heterocycles. The summed E-state index contributed by atoms with van der Waals surface area (Å²) in [5.74, 6) is -0.677. The molecule has 2 amide bonds. The van der Waals surface area contributed by atoms with Crippen LogP contribution in [0.2, 0.25) is 0 Å². The maximum atomic E-state index is 13.3. The Kier molecular flexibility index (Phi) is 13.8. The Hall–Kier alpha value is -5.63. The second kappa shape index (κ2) is 19.0. The smallest absolute Gasteiger partial charge is 0.291 e. The standard InChI is InChI=1S/C46H50N4O8S/c1-29(2)35-13-5-7-15-37(35)43-31(19-23-41(53)47-25-9-11-33(51)27-47)17-21-39(45(43)49(55)56)59-40-22-18-32(20-24-42(54)48-26-10-12-34(52)28-48)44(46(40)50(57)58)38-16-8-6-14-36(38)30(3)4/h5-8,13-24,29-30,33-34,51-52H,9-12,25-28H2,1-4H3/b23-19+,24-20+. The van der Waals surface area contributed by atoms with Crippen molar-refractivity contribution in [1.29, 1.82) is 0 Å². The van der Waals surface area contributed by atoms with E-state index in [4.69, 9.17) is 0 Å². The van der Waals surface area contributed by atoms with Gasteiger partial charge in [0.05, 0.1) is 43.0 Å². The SMILES string of the molecule is CC(C)c1ccccc1-c1c(/C=C/C(=O)N2CCCC(O)C2)ccc(Sc2ccc(/C=C/C(=O)N3CCCC(O)C3)c(-c3ccccc3C(C)C)c2[N+](=O)[O-])c1[N+](=O)[O-]. The van der Waals surface area contributed by atoms with Crippen molar-refractivity contribution in [3.05, 3.63) is 127 Å². The van der Waals surface area contributed by atoms with Crippen LogP contribution < -0.4 is 0 Å². The average molecular weight is 819 g/mol. The number of rotatable bonds is 12. The third-order valence-corrected chi connectivity index (χ3v) is 12.0. The summed E-state index contributed by atoms with van der Waals surface area (Å²) in [6.07, 6.45) is 7.21. The van der Waals surface area contributed by atoms with Gasteiger partial charge in [0.1, 0.15) is 0 Å². The molecule has 0 aliphatic carbocycles. The summed E-state index contributed by atoms with van der Waals surface area (Å²) >= 11 is 0.918. The van der Waals surface area contributed by atoms with E-state index < -0.39 is 22.1 Å². The molecular weight excluding hydrogens is 769 g/mol. The molecule has 2 aliphatic rings. The number of nitro groups is 2. The molecule has 0 spiro atoms. The molecule has 2 aliphatic heterocycles. The molecule has 12 nitrogen and oxygen atoms in total. The fraction of sp³-hybridized carbons (Fsp3) is 0.348. The fourth-order valence-electron chi connectivity index (χ4n) is 7.96. The number of aliphatic hydroxyl groups excluding tert-OH is 2. The van der Waals surface area contributed by atoms with Crippen LogP contribution in [0.15, 0.2) is 94.7 Å². The highest BCUT2D eigenvalue weighted by molar-refractivity contribution is 7.99. The first-order valence-corrected chi connectivity index (χ1v) is 20.9. The number of likely N-dealkylation sites (tertiary alicyclic amines) is 2. The molecule has 2 heterocycles.